The van der Waals surface area contributed by atoms with E-state index in [2.05, 4.69) is 22.3 Å². The Morgan fingerprint density at radius 1 is 1.21 bits per heavy atom. The van der Waals surface area contributed by atoms with Crippen LogP contribution in [0.2, 0.25) is 0 Å². The second-order valence-corrected chi connectivity index (χ2v) is 7.01. The van der Waals surface area contributed by atoms with E-state index in [1.807, 2.05) is 6.07 Å². The maximum absolute atomic E-state index is 14.8. The van der Waals surface area contributed by atoms with Crippen LogP contribution < -0.4 is 15.8 Å². The van der Waals surface area contributed by atoms with Gasteiger partial charge in [-0.05, 0) is 38.9 Å². The van der Waals surface area contributed by atoms with Crippen LogP contribution in [0.3, 0.4) is 0 Å². The highest BCUT2D eigenvalue weighted by Crippen LogP contribution is 2.33. The first kappa shape index (κ1) is 15.4. The molecule has 6 heteroatoms. The lowest BCUT2D eigenvalue weighted by Gasteiger charge is -2.40. The molecule has 1 N–H and O–H groups in total. The zero-order valence-corrected chi connectivity index (χ0v) is 14.3. The first-order chi connectivity index (χ1) is 11.5. The number of nitrogens with zero attached hydrogens (tertiary/aromatic N) is 3. The summed E-state index contributed by atoms with van der Waals surface area (Å²) in [6.07, 6.45) is 4.11. The van der Waals surface area contributed by atoms with Crippen LogP contribution in [0.1, 0.15) is 18.4 Å². The number of hydrogen-bond donors (Lipinski definition) is 1. The van der Waals surface area contributed by atoms with Gasteiger partial charge < -0.3 is 10.3 Å². The number of aromatic nitrogens is 1. The van der Waals surface area contributed by atoms with Crippen LogP contribution in [0.15, 0.2) is 23.1 Å². The molecule has 2 aliphatic rings. The lowest BCUT2D eigenvalue weighted by atomic mass is 10.1. The summed E-state index contributed by atoms with van der Waals surface area (Å²) in [5, 5.41) is 0.419. The van der Waals surface area contributed by atoms with E-state index in [1.54, 1.807) is 24.8 Å². The van der Waals surface area contributed by atoms with Crippen LogP contribution in [-0.2, 0) is 0 Å². The molecule has 0 aliphatic carbocycles. The second kappa shape index (κ2) is 5.48. The molecule has 2 aromatic rings. The van der Waals surface area contributed by atoms with E-state index in [9.17, 15) is 9.18 Å². The van der Waals surface area contributed by atoms with E-state index >= 15 is 0 Å². The third kappa shape index (κ3) is 2.20. The highest BCUT2D eigenvalue weighted by molar-refractivity contribution is 5.84. The Balaban J connectivity index is 1.84. The fourth-order valence-electron chi connectivity index (χ4n) is 4.20. The summed E-state index contributed by atoms with van der Waals surface area (Å²) in [5.41, 5.74) is 4.86. The summed E-state index contributed by atoms with van der Waals surface area (Å²) >= 11 is 0. The molecule has 1 aromatic heterocycles. The fraction of sp³-hybridized carbons (Fsp3) is 0.500. The zero-order chi connectivity index (χ0) is 17.0. The number of nitrogens with one attached hydrogen (secondary N) is 1. The van der Waals surface area contributed by atoms with Gasteiger partial charge in [0.25, 0.3) is 0 Å². The van der Waals surface area contributed by atoms with Gasteiger partial charge >= 0.3 is 0 Å². The van der Waals surface area contributed by atoms with Gasteiger partial charge in [0.2, 0.25) is 0 Å². The maximum atomic E-state index is 14.8. The van der Waals surface area contributed by atoms with Crippen molar-refractivity contribution in [2.45, 2.75) is 31.8 Å². The van der Waals surface area contributed by atoms with Gasteiger partial charge in [-0.25, -0.2) is 4.39 Å². The number of fused-ring (bicyclic) bond motifs is 3. The molecule has 0 radical (unpaired) electrons. The minimum atomic E-state index is -0.309. The minimum Gasteiger partial charge on any atom is -0.366 e. The molecule has 0 saturated carbocycles. The van der Waals surface area contributed by atoms with Crippen molar-refractivity contribution < 1.29 is 4.39 Å². The Morgan fingerprint density at radius 2 is 1.88 bits per heavy atom. The third-order valence-electron chi connectivity index (χ3n) is 5.68. The van der Waals surface area contributed by atoms with Gasteiger partial charge in [0.1, 0.15) is 5.82 Å². The highest BCUT2D eigenvalue weighted by atomic mass is 19.1. The van der Waals surface area contributed by atoms with Crippen molar-refractivity contribution in [3.8, 4) is 0 Å². The number of likely N-dealkylation sites (N-methyl/N-ethyl adjacent to an activating group) is 1. The number of anilines is 1. The SMILES string of the molecule is CNn1cc(C)c(=O)c2cc(F)c(N3CC4CCC(C3)N4C)cc21. The lowest BCUT2D eigenvalue weighted by molar-refractivity contribution is 0.212. The standard InChI is InChI=1S/C18H23FN4O/c1-11-8-23(20-2)16-7-17(15(19)6-14(16)18(11)24)22-9-12-4-5-13(10-22)21(12)3/h6-8,12-13,20H,4-5,9-10H2,1-3H3. The normalized spacial score (nSPS) is 23.9. The minimum absolute atomic E-state index is 0.111. The van der Waals surface area contributed by atoms with Crippen LogP contribution >= 0.6 is 0 Å². The van der Waals surface area contributed by atoms with E-state index < -0.39 is 0 Å². The number of pyridine rings is 1. The van der Waals surface area contributed by atoms with E-state index in [-0.39, 0.29) is 11.2 Å². The molecule has 2 aliphatic heterocycles. The predicted molar refractivity (Wildman–Crippen MR) is 95.0 cm³/mol. The molecule has 1 aromatic carbocycles. The predicted octanol–water partition coefficient (Wildman–Crippen LogP) is 1.91. The van der Waals surface area contributed by atoms with Crippen molar-refractivity contribution >= 4 is 16.6 Å². The number of piperazine rings is 1. The van der Waals surface area contributed by atoms with Crippen molar-refractivity contribution in [2.75, 3.05) is 37.5 Å². The van der Waals surface area contributed by atoms with Crippen molar-refractivity contribution in [2.24, 2.45) is 0 Å². The topological polar surface area (TPSA) is 40.5 Å². The van der Waals surface area contributed by atoms with Crippen LogP contribution in [-0.4, -0.2) is 48.8 Å². The van der Waals surface area contributed by atoms with E-state index in [0.717, 1.165) is 18.6 Å². The van der Waals surface area contributed by atoms with Gasteiger partial charge in [0.15, 0.2) is 5.43 Å². The first-order valence-electron chi connectivity index (χ1n) is 8.49. The molecule has 2 bridgehead atoms. The van der Waals surface area contributed by atoms with Crippen LogP contribution in [0.25, 0.3) is 10.9 Å². The first-order valence-corrected chi connectivity index (χ1v) is 8.49. The molecule has 24 heavy (non-hydrogen) atoms. The number of benzene rings is 1. The number of halogens is 1. The van der Waals surface area contributed by atoms with Crippen molar-refractivity contribution in [3.05, 3.63) is 39.9 Å². The third-order valence-corrected chi connectivity index (χ3v) is 5.68. The molecule has 2 unspecified atom stereocenters. The summed E-state index contributed by atoms with van der Waals surface area (Å²) in [7, 11) is 3.96. The van der Waals surface area contributed by atoms with E-state index in [0.29, 0.717) is 28.7 Å². The molecular weight excluding hydrogens is 307 g/mol. The maximum Gasteiger partial charge on any atom is 0.192 e. The quantitative estimate of drug-likeness (QED) is 0.913. The van der Waals surface area contributed by atoms with Crippen LogP contribution in [0.5, 0.6) is 0 Å². The molecule has 3 heterocycles. The fourth-order valence-corrected chi connectivity index (χ4v) is 4.20. The monoisotopic (exact) mass is 330 g/mol. The Morgan fingerprint density at radius 3 is 2.50 bits per heavy atom. The molecule has 0 amide bonds. The van der Waals surface area contributed by atoms with Gasteiger partial charge in [-0.3, -0.25) is 14.4 Å². The summed E-state index contributed by atoms with van der Waals surface area (Å²) in [4.78, 5) is 16.9. The van der Waals surface area contributed by atoms with Crippen LogP contribution in [0.4, 0.5) is 10.1 Å². The molecule has 2 atom stereocenters. The largest absolute Gasteiger partial charge is 0.366 e. The van der Waals surface area contributed by atoms with E-state index in [1.165, 1.54) is 18.9 Å². The average Bonchev–Trinajstić information content (AvgIpc) is 2.79. The van der Waals surface area contributed by atoms with Gasteiger partial charge in [0, 0.05) is 44.0 Å². The van der Waals surface area contributed by atoms with Crippen molar-refractivity contribution in [3.63, 3.8) is 0 Å². The smallest absolute Gasteiger partial charge is 0.192 e. The van der Waals surface area contributed by atoms with Crippen molar-refractivity contribution in [1.82, 2.24) is 9.58 Å². The Hall–Kier alpha value is -2.08. The van der Waals surface area contributed by atoms with Crippen molar-refractivity contribution in [1.29, 1.82) is 0 Å². The lowest BCUT2D eigenvalue weighted by Crippen LogP contribution is -2.52. The second-order valence-electron chi connectivity index (χ2n) is 7.01. The number of aryl methyl sites for hydroxylation is 1. The molecule has 5 nitrogen and oxygen atoms in total. The highest BCUT2D eigenvalue weighted by Gasteiger charge is 2.38. The van der Waals surface area contributed by atoms with Gasteiger partial charge in [-0.15, -0.1) is 0 Å². The van der Waals surface area contributed by atoms with Gasteiger partial charge in [-0.2, -0.15) is 0 Å². The number of hydrogen-bond acceptors (Lipinski definition) is 4. The Bertz CT molecular complexity index is 848. The zero-order valence-electron chi connectivity index (χ0n) is 14.3. The van der Waals surface area contributed by atoms with E-state index in [4.69, 9.17) is 0 Å². The molecule has 2 saturated heterocycles. The molecular formula is C18H23FN4O. The van der Waals surface area contributed by atoms with Gasteiger partial charge in [0.05, 0.1) is 16.6 Å². The summed E-state index contributed by atoms with van der Waals surface area (Å²) < 4.78 is 16.6. The summed E-state index contributed by atoms with van der Waals surface area (Å²) in [5.74, 6) is -0.309. The Labute approximate surface area is 140 Å². The molecule has 2 fully saturated rings. The summed E-state index contributed by atoms with van der Waals surface area (Å²) in [6, 6.07) is 4.19. The van der Waals surface area contributed by atoms with Crippen LogP contribution in [0, 0.1) is 12.7 Å². The summed E-state index contributed by atoms with van der Waals surface area (Å²) in [6.45, 7) is 3.43. The average molecular weight is 330 g/mol. The molecule has 0 spiro atoms. The molecule has 128 valence electrons. The van der Waals surface area contributed by atoms with Gasteiger partial charge in [-0.1, -0.05) is 0 Å². The molecule has 4 rings (SSSR count). The number of rotatable bonds is 2. The Kier molecular flexibility index (Phi) is 3.53.